The molecule has 0 saturated heterocycles. The van der Waals surface area contributed by atoms with E-state index < -0.39 is 0 Å². The Kier molecular flexibility index (Phi) is 4.05. The van der Waals surface area contributed by atoms with Crippen molar-refractivity contribution >= 4 is 22.7 Å². The van der Waals surface area contributed by atoms with Crippen LogP contribution in [-0.2, 0) is 6.54 Å². The summed E-state index contributed by atoms with van der Waals surface area (Å²) in [6.45, 7) is 2.44. The van der Waals surface area contributed by atoms with Crippen molar-refractivity contribution in [3.8, 4) is 0 Å². The SMILES string of the molecule is Cc1ccc(NC(=O)c2cc3occc3n2Cc2ccc(F)cc2)cc1. The Morgan fingerprint density at radius 1 is 1.08 bits per heavy atom. The van der Waals surface area contributed by atoms with Gasteiger partial charge in [0.05, 0.1) is 11.8 Å². The number of furan rings is 1. The molecule has 0 aliphatic rings. The fourth-order valence-electron chi connectivity index (χ4n) is 2.94. The van der Waals surface area contributed by atoms with E-state index in [-0.39, 0.29) is 11.7 Å². The number of nitrogens with one attached hydrogen (secondary N) is 1. The van der Waals surface area contributed by atoms with Gasteiger partial charge in [-0.3, -0.25) is 4.79 Å². The third-order valence-corrected chi connectivity index (χ3v) is 4.32. The molecule has 0 aliphatic heterocycles. The molecule has 0 spiro atoms. The second-order valence-electron chi connectivity index (χ2n) is 6.23. The molecule has 2 aromatic carbocycles. The summed E-state index contributed by atoms with van der Waals surface area (Å²) in [6.07, 6.45) is 1.59. The fraction of sp³-hybridized carbons (Fsp3) is 0.0952. The summed E-state index contributed by atoms with van der Waals surface area (Å²) in [6, 6.07) is 17.4. The molecule has 26 heavy (non-hydrogen) atoms. The monoisotopic (exact) mass is 348 g/mol. The lowest BCUT2D eigenvalue weighted by molar-refractivity contribution is 0.101. The molecule has 130 valence electrons. The molecule has 0 bridgehead atoms. The minimum absolute atomic E-state index is 0.220. The third-order valence-electron chi connectivity index (χ3n) is 4.32. The standard InChI is InChI=1S/C21H17FN2O2/c1-14-2-8-17(9-3-14)23-21(25)19-12-20-18(10-11-26-20)24(19)13-15-4-6-16(22)7-5-15/h2-12H,13H2,1H3,(H,23,25). The predicted octanol–water partition coefficient (Wildman–Crippen LogP) is 4.98. The largest absolute Gasteiger partial charge is 0.463 e. The summed E-state index contributed by atoms with van der Waals surface area (Å²) in [5.74, 6) is -0.505. The maximum Gasteiger partial charge on any atom is 0.272 e. The minimum Gasteiger partial charge on any atom is -0.463 e. The number of rotatable bonds is 4. The Balaban J connectivity index is 1.67. The van der Waals surface area contributed by atoms with E-state index in [4.69, 9.17) is 4.42 Å². The van der Waals surface area contributed by atoms with Crippen LogP contribution in [0, 0.1) is 12.7 Å². The first-order chi connectivity index (χ1) is 12.6. The van der Waals surface area contributed by atoms with Gasteiger partial charge in [-0.05, 0) is 36.8 Å². The summed E-state index contributed by atoms with van der Waals surface area (Å²) in [5.41, 5.74) is 4.70. The van der Waals surface area contributed by atoms with Gasteiger partial charge in [0.15, 0.2) is 5.58 Å². The Morgan fingerprint density at radius 2 is 1.81 bits per heavy atom. The first kappa shape index (κ1) is 16.1. The number of fused-ring (bicyclic) bond motifs is 1. The maximum absolute atomic E-state index is 13.2. The lowest BCUT2D eigenvalue weighted by Crippen LogP contribution is -2.17. The molecule has 0 aliphatic carbocycles. The van der Waals surface area contributed by atoms with Crippen molar-refractivity contribution in [1.82, 2.24) is 4.57 Å². The number of hydrogen-bond donors (Lipinski definition) is 1. The molecule has 0 saturated carbocycles. The smallest absolute Gasteiger partial charge is 0.272 e. The fourth-order valence-corrected chi connectivity index (χ4v) is 2.94. The van der Waals surface area contributed by atoms with Crippen molar-refractivity contribution in [2.45, 2.75) is 13.5 Å². The lowest BCUT2D eigenvalue weighted by atomic mass is 10.2. The molecule has 0 fully saturated rings. The quantitative estimate of drug-likeness (QED) is 0.565. The highest BCUT2D eigenvalue weighted by molar-refractivity contribution is 6.05. The number of anilines is 1. The normalized spacial score (nSPS) is 11.0. The molecule has 0 atom stereocenters. The van der Waals surface area contributed by atoms with Gasteiger partial charge in [-0.1, -0.05) is 29.8 Å². The molecule has 2 heterocycles. The van der Waals surface area contributed by atoms with Crippen LogP contribution in [0.1, 0.15) is 21.6 Å². The van der Waals surface area contributed by atoms with Gasteiger partial charge in [-0.2, -0.15) is 0 Å². The minimum atomic E-state index is -0.285. The zero-order valence-corrected chi connectivity index (χ0v) is 14.2. The van der Waals surface area contributed by atoms with E-state index >= 15 is 0 Å². The first-order valence-electron chi connectivity index (χ1n) is 8.29. The molecule has 0 unspecified atom stereocenters. The molecule has 1 N–H and O–H groups in total. The van der Waals surface area contributed by atoms with Gasteiger partial charge in [0.1, 0.15) is 11.5 Å². The second-order valence-corrected chi connectivity index (χ2v) is 6.23. The zero-order valence-electron chi connectivity index (χ0n) is 14.2. The Hall–Kier alpha value is -3.34. The van der Waals surface area contributed by atoms with Gasteiger partial charge in [0.2, 0.25) is 0 Å². The van der Waals surface area contributed by atoms with E-state index in [0.717, 1.165) is 22.3 Å². The number of halogens is 1. The number of benzene rings is 2. The molecular weight excluding hydrogens is 331 g/mol. The number of hydrogen-bond acceptors (Lipinski definition) is 2. The van der Waals surface area contributed by atoms with Crippen LogP contribution in [0.25, 0.3) is 11.1 Å². The number of carbonyl (C=O) groups is 1. The summed E-state index contributed by atoms with van der Waals surface area (Å²) in [5, 5.41) is 2.91. The highest BCUT2D eigenvalue weighted by atomic mass is 19.1. The van der Waals surface area contributed by atoms with Crippen LogP contribution >= 0.6 is 0 Å². The number of carbonyl (C=O) groups excluding carboxylic acids is 1. The molecule has 0 radical (unpaired) electrons. The van der Waals surface area contributed by atoms with Crippen molar-refractivity contribution in [1.29, 1.82) is 0 Å². The summed E-state index contributed by atoms with van der Waals surface area (Å²) >= 11 is 0. The van der Waals surface area contributed by atoms with Gasteiger partial charge >= 0.3 is 0 Å². The van der Waals surface area contributed by atoms with Crippen LogP contribution in [0.4, 0.5) is 10.1 Å². The van der Waals surface area contributed by atoms with Crippen molar-refractivity contribution < 1.29 is 13.6 Å². The van der Waals surface area contributed by atoms with E-state index in [0.29, 0.717) is 17.8 Å². The number of aryl methyl sites for hydroxylation is 1. The Labute approximate surface area is 149 Å². The van der Waals surface area contributed by atoms with Gasteiger partial charge in [-0.25, -0.2) is 4.39 Å². The number of amides is 1. The molecule has 5 heteroatoms. The summed E-state index contributed by atoms with van der Waals surface area (Å²) < 4.78 is 20.5. The van der Waals surface area contributed by atoms with Crippen molar-refractivity contribution in [3.05, 3.63) is 89.6 Å². The molecule has 1 amide bonds. The van der Waals surface area contributed by atoms with Crippen LogP contribution < -0.4 is 5.32 Å². The predicted molar refractivity (Wildman–Crippen MR) is 98.8 cm³/mol. The average molecular weight is 348 g/mol. The van der Waals surface area contributed by atoms with Gasteiger partial charge < -0.3 is 14.3 Å². The van der Waals surface area contributed by atoms with Gasteiger partial charge in [0, 0.05) is 24.4 Å². The summed E-state index contributed by atoms with van der Waals surface area (Å²) in [4.78, 5) is 12.8. The van der Waals surface area contributed by atoms with E-state index in [1.807, 2.05) is 41.8 Å². The second kappa shape index (κ2) is 6.52. The summed E-state index contributed by atoms with van der Waals surface area (Å²) in [7, 11) is 0. The highest BCUT2D eigenvalue weighted by Crippen LogP contribution is 2.23. The third kappa shape index (κ3) is 3.11. The van der Waals surface area contributed by atoms with Crippen LogP contribution in [-0.4, -0.2) is 10.5 Å². The molecule has 4 nitrogen and oxygen atoms in total. The van der Waals surface area contributed by atoms with E-state index in [1.165, 1.54) is 12.1 Å². The highest BCUT2D eigenvalue weighted by Gasteiger charge is 2.18. The molecule has 4 rings (SSSR count). The maximum atomic E-state index is 13.2. The number of aromatic nitrogens is 1. The topological polar surface area (TPSA) is 47.2 Å². The van der Waals surface area contributed by atoms with Crippen LogP contribution in [0.5, 0.6) is 0 Å². The first-order valence-corrected chi connectivity index (χ1v) is 8.29. The van der Waals surface area contributed by atoms with E-state index in [1.54, 1.807) is 24.5 Å². The molecular formula is C21H17FN2O2. The lowest BCUT2D eigenvalue weighted by Gasteiger charge is -2.11. The van der Waals surface area contributed by atoms with E-state index in [2.05, 4.69) is 5.32 Å². The molecule has 4 aromatic rings. The number of nitrogens with zero attached hydrogens (tertiary/aromatic N) is 1. The van der Waals surface area contributed by atoms with E-state index in [9.17, 15) is 9.18 Å². The van der Waals surface area contributed by atoms with Gasteiger partial charge in [0.25, 0.3) is 5.91 Å². The van der Waals surface area contributed by atoms with Crippen molar-refractivity contribution in [2.75, 3.05) is 5.32 Å². The van der Waals surface area contributed by atoms with Crippen LogP contribution in [0.15, 0.2) is 71.3 Å². The Morgan fingerprint density at radius 3 is 2.54 bits per heavy atom. The van der Waals surface area contributed by atoms with Crippen molar-refractivity contribution in [3.63, 3.8) is 0 Å². The Bertz CT molecular complexity index is 1060. The van der Waals surface area contributed by atoms with Crippen LogP contribution in [0.3, 0.4) is 0 Å². The molecule has 2 aromatic heterocycles. The zero-order chi connectivity index (χ0) is 18.1. The van der Waals surface area contributed by atoms with Crippen molar-refractivity contribution in [2.24, 2.45) is 0 Å². The average Bonchev–Trinajstić information content (AvgIpc) is 3.21. The van der Waals surface area contributed by atoms with Gasteiger partial charge in [-0.15, -0.1) is 0 Å². The van der Waals surface area contributed by atoms with Crippen LogP contribution in [0.2, 0.25) is 0 Å².